The third-order valence-corrected chi connectivity index (χ3v) is 3.45. The summed E-state index contributed by atoms with van der Waals surface area (Å²) in [5.41, 5.74) is 3.12. The van der Waals surface area contributed by atoms with Crippen LogP contribution in [0.4, 0.5) is 5.69 Å². The molecule has 0 radical (unpaired) electrons. The number of hydrogen-bond donors (Lipinski definition) is 3. The predicted molar refractivity (Wildman–Crippen MR) is 82.3 cm³/mol. The maximum Gasteiger partial charge on any atom is 0.134 e. The van der Waals surface area contributed by atoms with Gasteiger partial charge in [-0.1, -0.05) is 23.7 Å². The molecule has 2 rings (SSSR count). The van der Waals surface area contributed by atoms with Crippen molar-refractivity contribution in [2.24, 2.45) is 0 Å². The highest BCUT2D eigenvalue weighted by Gasteiger charge is 2.03. The normalized spacial score (nSPS) is 10.5. The molecule has 0 amide bonds. The maximum atomic E-state index is 9.50. The molecule has 0 aliphatic heterocycles. The smallest absolute Gasteiger partial charge is 0.134 e. The van der Waals surface area contributed by atoms with Gasteiger partial charge < -0.3 is 15.7 Å². The number of nitrogens with zero attached hydrogens (tertiary/aromatic N) is 1. The number of phenolic OH excluding ortho intramolecular Hbond substituents is 1. The van der Waals surface area contributed by atoms with Crippen molar-refractivity contribution < 1.29 is 5.11 Å². The van der Waals surface area contributed by atoms with Gasteiger partial charge in [0.1, 0.15) is 5.75 Å². The number of rotatable bonds is 6. The Morgan fingerprint density at radius 1 is 1.25 bits per heavy atom. The summed E-state index contributed by atoms with van der Waals surface area (Å²) in [5.74, 6) is 0.122. The van der Waals surface area contributed by atoms with Gasteiger partial charge in [0, 0.05) is 37.7 Å². The Morgan fingerprint density at radius 3 is 2.90 bits per heavy atom. The number of nitrogens with one attached hydrogen (secondary N) is 2. The van der Waals surface area contributed by atoms with E-state index in [1.54, 1.807) is 18.3 Å². The first-order chi connectivity index (χ1) is 9.68. The number of anilines is 1. The van der Waals surface area contributed by atoms with Crippen molar-refractivity contribution >= 4 is 17.3 Å². The molecule has 0 unspecified atom stereocenters. The Bertz CT molecular complexity index is 575. The molecule has 20 heavy (non-hydrogen) atoms. The monoisotopic (exact) mass is 291 g/mol. The molecule has 0 saturated heterocycles. The molecule has 0 aliphatic rings. The van der Waals surface area contributed by atoms with E-state index in [0.717, 1.165) is 29.9 Å². The minimum Gasteiger partial charge on any atom is -0.506 e. The molecule has 3 N–H and O–H groups in total. The molecule has 0 atom stereocenters. The van der Waals surface area contributed by atoms with Gasteiger partial charge in [-0.15, -0.1) is 0 Å². The highest BCUT2D eigenvalue weighted by Crippen LogP contribution is 2.26. The molecule has 4 nitrogen and oxygen atoms in total. The fraction of sp³-hybridized carbons (Fsp3) is 0.267. The Balaban J connectivity index is 1.75. The fourth-order valence-corrected chi connectivity index (χ4v) is 2.08. The van der Waals surface area contributed by atoms with Gasteiger partial charge in [0.15, 0.2) is 0 Å². The van der Waals surface area contributed by atoms with Crippen LogP contribution < -0.4 is 10.6 Å². The van der Waals surface area contributed by atoms with Gasteiger partial charge in [0.2, 0.25) is 0 Å². The fourth-order valence-electron chi connectivity index (χ4n) is 1.88. The van der Waals surface area contributed by atoms with Gasteiger partial charge in [-0.3, -0.25) is 4.98 Å². The number of aryl methyl sites for hydroxylation is 1. The van der Waals surface area contributed by atoms with Crippen LogP contribution in [-0.2, 0) is 6.54 Å². The Hall–Kier alpha value is -1.78. The molecule has 2 aromatic rings. The summed E-state index contributed by atoms with van der Waals surface area (Å²) < 4.78 is 0. The van der Waals surface area contributed by atoms with Crippen LogP contribution in [-0.4, -0.2) is 23.2 Å². The molecule has 0 spiro atoms. The Labute approximate surface area is 123 Å². The van der Waals surface area contributed by atoms with Crippen LogP contribution in [0.2, 0.25) is 5.02 Å². The third kappa shape index (κ3) is 3.85. The number of halogens is 1. The average molecular weight is 292 g/mol. The highest BCUT2D eigenvalue weighted by atomic mass is 35.5. The summed E-state index contributed by atoms with van der Waals surface area (Å²) in [6, 6.07) is 7.23. The number of phenols is 1. The van der Waals surface area contributed by atoms with Crippen LogP contribution >= 0.6 is 11.6 Å². The summed E-state index contributed by atoms with van der Waals surface area (Å²) in [4.78, 5) is 4.05. The topological polar surface area (TPSA) is 57.2 Å². The van der Waals surface area contributed by atoms with E-state index in [9.17, 15) is 5.11 Å². The maximum absolute atomic E-state index is 9.50. The molecule has 106 valence electrons. The SMILES string of the molecule is Cc1cnccc1NCCNCc1cccc(O)c1Cl. The number of benzene rings is 1. The molecule has 0 bridgehead atoms. The van der Waals surface area contributed by atoms with Crippen molar-refractivity contribution in [1.29, 1.82) is 0 Å². The number of hydrogen-bond acceptors (Lipinski definition) is 4. The van der Waals surface area contributed by atoms with Crippen molar-refractivity contribution in [3.63, 3.8) is 0 Å². The molecule has 5 heteroatoms. The molecule has 0 fully saturated rings. The van der Waals surface area contributed by atoms with Crippen molar-refractivity contribution in [2.75, 3.05) is 18.4 Å². The Kier molecular flexibility index (Phi) is 5.21. The van der Waals surface area contributed by atoms with Crippen LogP contribution in [0, 0.1) is 6.92 Å². The van der Waals surface area contributed by atoms with Crippen molar-refractivity contribution in [3.8, 4) is 5.75 Å². The van der Waals surface area contributed by atoms with Gasteiger partial charge in [-0.2, -0.15) is 0 Å². The van der Waals surface area contributed by atoms with E-state index in [-0.39, 0.29) is 5.75 Å². The van der Waals surface area contributed by atoms with Crippen molar-refractivity contribution in [1.82, 2.24) is 10.3 Å². The number of pyridine rings is 1. The summed E-state index contributed by atoms with van der Waals surface area (Å²) in [7, 11) is 0. The first-order valence-electron chi connectivity index (χ1n) is 6.50. The summed E-state index contributed by atoms with van der Waals surface area (Å²) >= 11 is 6.01. The van der Waals surface area contributed by atoms with E-state index in [0.29, 0.717) is 11.6 Å². The van der Waals surface area contributed by atoms with Crippen LogP contribution in [0.3, 0.4) is 0 Å². The second-order valence-electron chi connectivity index (χ2n) is 4.54. The van der Waals surface area contributed by atoms with Crippen molar-refractivity contribution in [2.45, 2.75) is 13.5 Å². The van der Waals surface area contributed by atoms with Gasteiger partial charge >= 0.3 is 0 Å². The minimum absolute atomic E-state index is 0.122. The lowest BCUT2D eigenvalue weighted by molar-refractivity contribution is 0.474. The van der Waals surface area contributed by atoms with Gasteiger partial charge in [-0.25, -0.2) is 0 Å². The van der Waals surface area contributed by atoms with E-state index in [2.05, 4.69) is 15.6 Å². The number of aromatic hydroxyl groups is 1. The highest BCUT2D eigenvalue weighted by molar-refractivity contribution is 6.32. The minimum atomic E-state index is 0.122. The Morgan fingerprint density at radius 2 is 2.10 bits per heavy atom. The molecular formula is C15H18ClN3O. The zero-order valence-corrected chi connectivity index (χ0v) is 12.1. The summed E-state index contributed by atoms with van der Waals surface area (Å²) in [6.45, 7) is 4.26. The van der Waals surface area contributed by atoms with E-state index < -0.39 is 0 Å². The first kappa shape index (κ1) is 14.6. The lowest BCUT2D eigenvalue weighted by Gasteiger charge is -2.10. The average Bonchev–Trinajstić information content (AvgIpc) is 2.45. The van der Waals surface area contributed by atoms with Crippen LogP contribution in [0.5, 0.6) is 5.75 Å². The van der Waals surface area contributed by atoms with Gasteiger partial charge in [-0.05, 0) is 30.2 Å². The van der Waals surface area contributed by atoms with E-state index in [4.69, 9.17) is 11.6 Å². The molecule has 0 saturated carbocycles. The molecular weight excluding hydrogens is 274 g/mol. The lowest BCUT2D eigenvalue weighted by atomic mass is 10.2. The molecule has 1 heterocycles. The van der Waals surface area contributed by atoms with Crippen LogP contribution in [0.1, 0.15) is 11.1 Å². The lowest BCUT2D eigenvalue weighted by Crippen LogP contribution is -2.22. The molecule has 0 aliphatic carbocycles. The zero-order chi connectivity index (χ0) is 14.4. The second kappa shape index (κ2) is 7.12. The standard InChI is InChI=1S/C15H18ClN3O/c1-11-9-17-6-5-13(11)19-8-7-18-10-12-3-2-4-14(20)15(12)16/h2-6,9,18,20H,7-8,10H2,1H3,(H,17,19). The van der Waals surface area contributed by atoms with E-state index >= 15 is 0 Å². The van der Waals surface area contributed by atoms with Gasteiger partial charge in [0.25, 0.3) is 0 Å². The predicted octanol–water partition coefficient (Wildman–Crippen LogP) is 2.95. The van der Waals surface area contributed by atoms with Crippen molar-refractivity contribution in [3.05, 3.63) is 52.8 Å². The molecule has 1 aromatic carbocycles. The van der Waals surface area contributed by atoms with Crippen LogP contribution in [0.15, 0.2) is 36.7 Å². The quantitative estimate of drug-likeness (QED) is 0.716. The van der Waals surface area contributed by atoms with E-state index in [1.807, 2.05) is 25.3 Å². The second-order valence-corrected chi connectivity index (χ2v) is 4.92. The third-order valence-electron chi connectivity index (χ3n) is 3.01. The number of aromatic nitrogens is 1. The van der Waals surface area contributed by atoms with E-state index in [1.165, 1.54) is 0 Å². The van der Waals surface area contributed by atoms with Gasteiger partial charge in [0.05, 0.1) is 5.02 Å². The summed E-state index contributed by atoms with van der Waals surface area (Å²) in [5, 5.41) is 16.5. The van der Waals surface area contributed by atoms with Crippen LogP contribution in [0.25, 0.3) is 0 Å². The molecule has 1 aromatic heterocycles. The summed E-state index contributed by atoms with van der Waals surface area (Å²) in [6.07, 6.45) is 3.61. The zero-order valence-electron chi connectivity index (χ0n) is 11.4. The largest absolute Gasteiger partial charge is 0.506 e. The first-order valence-corrected chi connectivity index (χ1v) is 6.88.